The second kappa shape index (κ2) is 4.58. The minimum Gasteiger partial charge on any atom is -0.372 e. The predicted octanol–water partition coefficient (Wildman–Crippen LogP) is 5.37. The van der Waals surface area contributed by atoms with Gasteiger partial charge in [-0.15, -0.1) is 0 Å². The van der Waals surface area contributed by atoms with Gasteiger partial charge in [-0.05, 0) is 78.4 Å². The number of rotatable bonds is 2. The molecule has 4 fully saturated rings. The van der Waals surface area contributed by atoms with Gasteiger partial charge in [-0.3, -0.25) is 0 Å². The Morgan fingerprint density at radius 2 is 1.57 bits per heavy atom. The molecule has 1 aliphatic heterocycles. The second-order valence-electron chi connectivity index (χ2n) is 8.16. The van der Waals surface area contributed by atoms with Crippen LogP contribution in [0, 0.1) is 23.2 Å². The molecule has 0 radical (unpaired) electrons. The summed E-state index contributed by atoms with van der Waals surface area (Å²) in [6.07, 6.45) is 8.96. The zero-order chi connectivity index (χ0) is 14.0. The lowest BCUT2D eigenvalue weighted by Crippen LogP contribution is -2.47. The van der Waals surface area contributed by atoms with Crippen molar-refractivity contribution in [3.05, 3.63) is 34.9 Å². The van der Waals surface area contributed by atoms with Crippen molar-refractivity contribution >= 4 is 15.9 Å². The monoisotopic (exact) mass is 346 g/mol. The molecule has 6 rings (SSSR count). The van der Waals surface area contributed by atoms with E-state index in [0.29, 0.717) is 10.2 Å². The van der Waals surface area contributed by atoms with Crippen LogP contribution < -0.4 is 0 Å². The van der Waals surface area contributed by atoms with Gasteiger partial charge in [0.15, 0.2) is 0 Å². The third-order valence-electron chi connectivity index (χ3n) is 6.66. The Bertz CT molecular complexity index is 544. The molecule has 5 aliphatic rings. The van der Waals surface area contributed by atoms with Crippen molar-refractivity contribution in [3.63, 3.8) is 0 Å². The van der Waals surface area contributed by atoms with E-state index in [1.54, 1.807) is 0 Å². The van der Waals surface area contributed by atoms with Gasteiger partial charge in [0.25, 0.3) is 0 Å². The van der Waals surface area contributed by atoms with Crippen molar-refractivity contribution in [3.8, 4) is 0 Å². The zero-order valence-corrected chi connectivity index (χ0v) is 14.1. The van der Waals surface area contributed by atoms with Crippen LogP contribution in [0.1, 0.15) is 60.0 Å². The Morgan fingerprint density at radius 3 is 2.24 bits per heavy atom. The molecule has 1 aromatic carbocycles. The normalized spacial score (nSPS) is 41.3. The molecule has 0 N–H and O–H groups in total. The van der Waals surface area contributed by atoms with Gasteiger partial charge in [0, 0.05) is 4.83 Å². The summed E-state index contributed by atoms with van der Waals surface area (Å²) in [6, 6.07) is 7.07. The van der Waals surface area contributed by atoms with Crippen LogP contribution in [0.25, 0.3) is 0 Å². The summed E-state index contributed by atoms with van der Waals surface area (Å²) in [6.45, 7) is 1.61. The molecule has 0 spiro atoms. The summed E-state index contributed by atoms with van der Waals surface area (Å²) in [5.74, 6) is 3.07. The van der Waals surface area contributed by atoms with Crippen LogP contribution in [0.2, 0.25) is 0 Å². The lowest BCUT2D eigenvalue weighted by atomic mass is 9.48. The first kappa shape index (κ1) is 13.1. The van der Waals surface area contributed by atoms with Gasteiger partial charge >= 0.3 is 0 Å². The lowest BCUT2D eigenvalue weighted by molar-refractivity contribution is -0.0528. The van der Waals surface area contributed by atoms with Crippen molar-refractivity contribution in [1.82, 2.24) is 0 Å². The third kappa shape index (κ3) is 1.98. The molecular formula is C19H23BrO. The summed E-state index contributed by atoms with van der Waals surface area (Å²) in [5, 5.41) is 0. The zero-order valence-electron chi connectivity index (χ0n) is 12.5. The fourth-order valence-corrected chi connectivity index (χ4v) is 7.04. The highest BCUT2D eigenvalue weighted by Gasteiger charge is 2.53. The van der Waals surface area contributed by atoms with Crippen molar-refractivity contribution in [2.75, 3.05) is 0 Å². The molecule has 1 atom stereocenters. The van der Waals surface area contributed by atoms with E-state index < -0.39 is 0 Å². The van der Waals surface area contributed by atoms with E-state index in [2.05, 4.69) is 34.1 Å². The number of hydrogen-bond donors (Lipinski definition) is 0. The lowest BCUT2D eigenvalue weighted by Gasteiger charge is -2.58. The van der Waals surface area contributed by atoms with Crippen LogP contribution in [-0.2, 0) is 18.0 Å². The Kier molecular flexibility index (Phi) is 2.86. The molecule has 2 heteroatoms. The van der Waals surface area contributed by atoms with E-state index in [0.717, 1.165) is 31.0 Å². The summed E-state index contributed by atoms with van der Waals surface area (Å²) in [4.78, 5) is 0.546. The van der Waals surface area contributed by atoms with E-state index >= 15 is 0 Å². The second-order valence-corrected chi connectivity index (χ2v) is 9.08. The van der Waals surface area contributed by atoms with Crippen LogP contribution >= 0.6 is 15.9 Å². The van der Waals surface area contributed by atoms with Crippen molar-refractivity contribution in [2.45, 2.75) is 56.6 Å². The maximum absolute atomic E-state index is 5.58. The van der Waals surface area contributed by atoms with Gasteiger partial charge in [0.2, 0.25) is 0 Å². The molecule has 4 bridgehead atoms. The Labute approximate surface area is 135 Å². The molecule has 4 aliphatic carbocycles. The molecule has 112 valence electrons. The van der Waals surface area contributed by atoms with E-state index in [1.165, 1.54) is 55.2 Å². The van der Waals surface area contributed by atoms with Crippen LogP contribution in [0.4, 0.5) is 0 Å². The molecule has 1 nitrogen and oxygen atoms in total. The molecule has 1 heterocycles. The summed E-state index contributed by atoms with van der Waals surface area (Å²) < 4.78 is 5.58. The number of alkyl halides is 1. The topological polar surface area (TPSA) is 9.23 Å². The molecule has 4 saturated carbocycles. The fourth-order valence-electron chi connectivity index (χ4n) is 6.19. The maximum atomic E-state index is 5.58. The third-order valence-corrected chi connectivity index (χ3v) is 8.16. The van der Waals surface area contributed by atoms with Crippen LogP contribution in [0.5, 0.6) is 0 Å². The standard InChI is InChI=1S/C19H23BrO/c20-18(15-1-2-16-10-21-11-17(16)6-15)19-7-12-3-13(8-19)5-14(4-12)9-19/h1-2,6,12-14,18H,3-5,7-11H2. The van der Waals surface area contributed by atoms with Crippen molar-refractivity contribution in [2.24, 2.45) is 23.2 Å². The molecule has 1 unspecified atom stereocenters. The minimum atomic E-state index is 0.544. The number of hydrogen-bond acceptors (Lipinski definition) is 1. The summed E-state index contributed by atoms with van der Waals surface area (Å²) >= 11 is 4.14. The summed E-state index contributed by atoms with van der Waals surface area (Å²) in [5.41, 5.74) is 4.86. The SMILES string of the molecule is BrC(c1ccc2c(c1)COC2)C12CC3CC(CC(C3)C1)C2. The highest BCUT2D eigenvalue weighted by Crippen LogP contribution is 2.65. The minimum absolute atomic E-state index is 0.544. The highest BCUT2D eigenvalue weighted by molar-refractivity contribution is 9.09. The molecule has 1 aromatic rings. The molecular weight excluding hydrogens is 324 g/mol. The Balaban J connectivity index is 1.49. The van der Waals surface area contributed by atoms with Crippen LogP contribution in [0.3, 0.4) is 0 Å². The first-order chi connectivity index (χ1) is 10.2. The maximum Gasteiger partial charge on any atom is 0.0725 e. The highest BCUT2D eigenvalue weighted by atomic mass is 79.9. The van der Waals surface area contributed by atoms with Crippen LogP contribution in [-0.4, -0.2) is 0 Å². The fraction of sp³-hybridized carbons (Fsp3) is 0.684. The van der Waals surface area contributed by atoms with Crippen molar-refractivity contribution in [1.29, 1.82) is 0 Å². The largest absolute Gasteiger partial charge is 0.372 e. The Hall–Kier alpha value is -0.340. The van der Waals surface area contributed by atoms with Gasteiger partial charge in [0.1, 0.15) is 0 Å². The van der Waals surface area contributed by atoms with Gasteiger partial charge in [-0.25, -0.2) is 0 Å². The van der Waals surface area contributed by atoms with Gasteiger partial charge in [0.05, 0.1) is 13.2 Å². The number of ether oxygens (including phenoxy) is 1. The Morgan fingerprint density at radius 1 is 0.952 bits per heavy atom. The molecule has 0 saturated heterocycles. The number of fused-ring (bicyclic) bond motifs is 1. The van der Waals surface area contributed by atoms with Crippen molar-refractivity contribution < 1.29 is 4.74 Å². The first-order valence-corrected chi connectivity index (χ1v) is 9.47. The molecule has 0 aromatic heterocycles. The average molecular weight is 347 g/mol. The van der Waals surface area contributed by atoms with Gasteiger partial charge < -0.3 is 4.74 Å². The van der Waals surface area contributed by atoms with Gasteiger partial charge in [-0.2, -0.15) is 0 Å². The van der Waals surface area contributed by atoms with E-state index in [-0.39, 0.29) is 0 Å². The molecule has 21 heavy (non-hydrogen) atoms. The van der Waals surface area contributed by atoms with Crippen LogP contribution in [0.15, 0.2) is 18.2 Å². The van der Waals surface area contributed by atoms with E-state index in [4.69, 9.17) is 4.74 Å². The summed E-state index contributed by atoms with van der Waals surface area (Å²) in [7, 11) is 0. The number of benzene rings is 1. The number of halogens is 1. The van der Waals surface area contributed by atoms with E-state index in [1.807, 2.05) is 0 Å². The smallest absolute Gasteiger partial charge is 0.0725 e. The quantitative estimate of drug-likeness (QED) is 0.654. The van der Waals surface area contributed by atoms with Gasteiger partial charge in [-0.1, -0.05) is 34.1 Å². The predicted molar refractivity (Wildman–Crippen MR) is 87.2 cm³/mol. The first-order valence-electron chi connectivity index (χ1n) is 8.55. The van der Waals surface area contributed by atoms with E-state index in [9.17, 15) is 0 Å². The average Bonchev–Trinajstić information content (AvgIpc) is 2.92. The molecule has 0 amide bonds.